The van der Waals surface area contributed by atoms with Crippen LogP contribution < -0.4 is 0 Å². The minimum atomic E-state index is -1.01. The first-order valence-corrected chi connectivity index (χ1v) is 4.94. The number of thiazole rings is 1. The molecule has 1 aromatic heterocycles. The maximum Gasteiger partial charge on any atom is 0.185 e. The first kappa shape index (κ1) is 9.87. The topological polar surface area (TPSA) is 12.9 Å². The van der Waals surface area contributed by atoms with Gasteiger partial charge >= 0.3 is 0 Å². The molecule has 0 unspecified atom stereocenters. The van der Waals surface area contributed by atoms with Gasteiger partial charge in [-0.25, -0.2) is 4.98 Å². The average molecular weight is 251 g/mol. The molecule has 6 heteroatoms. The van der Waals surface area contributed by atoms with Crippen LogP contribution in [0.3, 0.4) is 0 Å². The number of hydrogen-bond acceptors (Lipinski definition) is 2. The third kappa shape index (κ3) is 2.36. The van der Waals surface area contributed by atoms with E-state index in [0.717, 1.165) is 0 Å². The largest absolute Gasteiger partial charge is 0.213 e. The molecule has 0 saturated carbocycles. The van der Waals surface area contributed by atoms with Crippen LogP contribution in [0.25, 0.3) is 0 Å². The quantitative estimate of drug-likeness (QED) is 0.684. The molecule has 0 amide bonds. The highest BCUT2D eigenvalue weighted by Gasteiger charge is 2.26. The van der Waals surface area contributed by atoms with Crippen LogP contribution in [-0.2, 0) is 4.33 Å². The summed E-state index contributed by atoms with van der Waals surface area (Å²) in [5.74, 6) is 0. The number of rotatable bonds is 1. The molecule has 1 rings (SSSR count). The SMILES string of the molecule is CC(Cl)(Cl)c1sc(Cl)nc1Cl. The van der Waals surface area contributed by atoms with Gasteiger partial charge < -0.3 is 0 Å². The minimum absolute atomic E-state index is 0.271. The highest BCUT2D eigenvalue weighted by Crippen LogP contribution is 2.42. The lowest BCUT2D eigenvalue weighted by Gasteiger charge is -2.09. The van der Waals surface area contributed by atoms with Gasteiger partial charge in [0.1, 0.15) is 5.15 Å². The standard InChI is InChI=1S/C5H3Cl4NS/c1-5(8,9)2-3(6)10-4(7)11-2/h1H3. The van der Waals surface area contributed by atoms with Crippen molar-refractivity contribution in [2.75, 3.05) is 0 Å². The number of aromatic nitrogens is 1. The lowest BCUT2D eigenvalue weighted by Crippen LogP contribution is -2.00. The van der Waals surface area contributed by atoms with E-state index in [1.165, 1.54) is 11.3 Å². The highest BCUT2D eigenvalue weighted by molar-refractivity contribution is 7.17. The normalized spacial score (nSPS) is 12.1. The van der Waals surface area contributed by atoms with Crippen molar-refractivity contribution in [1.82, 2.24) is 4.98 Å². The highest BCUT2D eigenvalue weighted by atomic mass is 35.5. The van der Waals surface area contributed by atoms with Crippen molar-refractivity contribution in [1.29, 1.82) is 0 Å². The van der Waals surface area contributed by atoms with Crippen LogP contribution in [0, 0.1) is 0 Å². The molecular formula is C5H3Cl4NS. The molecule has 62 valence electrons. The lowest BCUT2D eigenvalue weighted by molar-refractivity contribution is 1.00. The smallest absolute Gasteiger partial charge is 0.185 e. The molecule has 0 aliphatic heterocycles. The second kappa shape index (κ2) is 3.27. The van der Waals surface area contributed by atoms with Crippen LogP contribution in [0.4, 0.5) is 0 Å². The van der Waals surface area contributed by atoms with Crippen LogP contribution in [0.15, 0.2) is 0 Å². The Bertz CT molecular complexity index is 264. The monoisotopic (exact) mass is 249 g/mol. The molecule has 0 atom stereocenters. The molecule has 0 aliphatic rings. The number of hydrogen-bond donors (Lipinski definition) is 0. The van der Waals surface area contributed by atoms with Crippen LogP contribution in [-0.4, -0.2) is 4.98 Å². The van der Waals surface area contributed by atoms with E-state index in [4.69, 9.17) is 46.4 Å². The number of nitrogens with zero attached hydrogens (tertiary/aromatic N) is 1. The van der Waals surface area contributed by atoms with Crippen molar-refractivity contribution >= 4 is 57.7 Å². The molecule has 0 aromatic carbocycles. The molecule has 0 N–H and O–H groups in total. The first-order valence-electron chi connectivity index (χ1n) is 2.61. The first-order chi connectivity index (χ1) is 4.91. The summed E-state index contributed by atoms with van der Waals surface area (Å²) in [6, 6.07) is 0. The fourth-order valence-electron chi connectivity index (χ4n) is 0.548. The predicted molar refractivity (Wildman–Crippen MR) is 51.2 cm³/mol. The zero-order chi connectivity index (χ0) is 8.65. The molecule has 1 heterocycles. The van der Waals surface area contributed by atoms with E-state index < -0.39 is 4.33 Å². The van der Waals surface area contributed by atoms with E-state index >= 15 is 0 Å². The maximum absolute atomic E-state index is 5.77. The summed E-state index contributed by atoms with van der Waals surface area (Å²) in [4.78, 5) is 4.33. The molecular weight excluding hydrogens is 248 g/mol. The van der Waals surface area contributed by atoms with Crippen molar-refractivity contribution in [3.8, 4) is 0 Å². The Morgan fingerprint density at radius 1 is 1.36 bits per heavy atom. The second-order valence-electron chi connectivity index (χ2n) is 1.98. The summed E-state index contributed by atoms with van der Waals surface area (Å²) < 4.78 is -0.667. The van der Waals surface area contributed by atoms with E-state index in [2.05, 4.69) is 4.98 Å². The lowest BCUT2D eigenvalue weighted by atomic mass is 10.4. The van der Waals surface area contributed by atoms with Crippen LogP contribution in [0.5, 0.6) is 0 Å². The fraction of sp³-hybridized carbons (Fsp3) is 0.400. The molecule has 0 fully saturated rings. The summed E-state index contributed by atoms with van der Waals surface area (Å²) in [5.41, 5.74) is 0. The Kier molecular flexibility index (Phi) is 2.93. The van der Waals surface area contributed by atoms with Crippen molar-refractivity contribution in [2.24, 2.45) is 0 Å². The minimum Gasteiger partial charge on any atom is -0.213 e. The summed E-state index contributed by atoms with van der Waals surface area (Å²) in [6.45, 7) is 1.62. The fourth-order valence-corrected chi connectivity index (χ4v) is 2.47. The van der Waals surface area contributed by atoms with E-state index in [1.54, 1.807) is 6.92 Å². The Morgan fingerprint density at radius 2 is 1.91 bits per heavy atom. The zero-order valence-electron chi connectivity index (χ0n) is 5.37. The molecule has 0 saturated heterocycles. The van der Waals surface area contributed by atoms with E-state index in [-0.39, 0.29) is 5.15 Å². The van der Waals surface area contributed by atoms with Gasteiger partial charge in [-0.1, -0.05) is 46.4 Å². The van der Waals surface area contributed by atoms with Crippen LogP contribution in [0.1, 0.15) is 11.8 Å². The van der Waals surface area contributed by atoms with Crippen molar-refractivity contribution in [3.05, 3.63) is 14.5 Å². The Labute approximate surface area is 88.2 Å². The van der Waals surface area contributed by atoms with Crippen molar-refractivity contribution in [2.45, 2.75) is 11.3 Å². The van der Waals surface area contributed by atoms with Gasteiger partial charge in [-0.05, 0) is 6.92 Å². The third-order valence-electron chi connectivity index (χ3n) is 0.958. The molecule has 1 aromatic rings. The van der Waals surface area contributed by atoms with Crippen molar-refractivity contribution in [3.63, 3.8) is 0 Å². The maximum atomic E-state index is 5.77. The number of alkyl halides is 2. The van der Waals surface area contributed by atoms with Gasteiger partial charge in [0, 0.05) is 0 Å². The third-order valence-corrected chi connectivity index (χ3v) is 3.33. The van der Waals surface area contributed by atoms with Crippen LogP contribution >= 0.6 is 57.7 Å². The number of halogens is 4. The Morgan fingerprint density at radius 3 is 2.09 bits per heavy atom. The van der Waals surface area contributed by atoms with Crippen LogP contribution in [0.2, 0.25) is 9.62 Å². The summed E-state index contributed by atoms with van der Waals surface area (Å²) in [5, 5.41) is 0.271. The summed E-state index contributed by atoms with van der Waals surface area (Å²) in [6.07, 6.45) is 0. The van der Waals surface area contributed by atoms with Gasteiger partial charge in [0.15, 0.2) is 8.80 Å². The molecule has 11 heavy (non-hydrogen) atoms. The molecule has 0 aliphatic carbocycles. The average Bonchev–Trinajstić information content (AvgIpc) is 2.08. The van der Waals surface area contributed by atoms with E-state index in [1.807, 2.05) is 0 Å². The predicted octanol–water partition coefficient (Wildman–Crippen LogP) is 4.10. The zero-order valence-corrected chi connectivity index (χ0v) is 9.21. The van der Waals surface area contributed by atoms with E-state index in [0.29, 0.717) is 9.34 Å². The molecule has 0 radical (unpaired) electrons. The molecule has 0 bridgehead atoms. The van der Waals surface area contributed by atoms with Gasteiger partial charge in [-0.15, -0.1) is 11.3 Å². The second-order valence-corrected chi connectivity index (χ2v) is 5.62. The summed E-state index contributed by atoms with van der Waals surface area (Å²) in [7, 11) is 0. The van der Waals surface area contributed by atoms with Gasteiger partial charge in [0.25, 0.3) is 0 Å². The molecule has 0 spiro atoms. The summed E-state index contributed by atoms with van der Waals surface area (Å²) >= 11 is 24.0. The van der Waals surface area contributed by atoms with Gasteiger partial charge in [0.2, 0.25) is 0 Å². The Hall–Kier alpha value is 0.790. The van der Waals surface area contributed by atoms with Gasteiger partial charge in [-0.2, -0.15) is 0 Å². The molecule has 1 nitrogen and oxygen atoms in total. The van der Waals surface area contributed by atoms with Gasteiger partial charge in [-0.3, -0.25) is 0 Å². The van der Waals surface area contributed by atoms with Gasteiger partial charge in [0.05, 0.1) is 4.88 Å². The van der Waals surface area contributed by atoms with E-state index in [9.17, 15) is 0 Å². The Balaban J connectivity index is 3.13. The van der Waals surface area contributed by atoms with Crippen molar-refractivity contribution < 1.29 is 0 Å².